The molecule has 1 aliphatic heterocycles. The Morgan fingerprint density at radius 1 is 1.09 bits per heavy atom. The van der Waals surface area contributed by atoms with Crippen LogP contribution in [0.4, 0.5) is 0 Å². The number of sulfonamides is 1. The Morgan fingerprint density at radius 3 is 2.46 bits per heavy atom. The normalized spacial score (nSPS) is 16.0. The van der Waals surface area contributed by atoms with E-state index < -0.39 is 22.0 Å². The fraction of sp³-hybridized carbons (Fsp3) is 0.200. The number of aromatic nitrogens is 2. The number of benzene rings is 2. The first-order valence-electron chi connectivity index (χ1n) is 11.1. The molecule has 0 N–H and O–H groups in total. The molecule has 2 aromatic heterocycles. The van der Waals surface area contributed by atoms with Crippen LogP contribution in [0.3, 0.4) is 0 Å². The Bertz CT molecular complexity index is 1410. The van der Waals surface area contributed by atoms with E-state index in [2.05, 4.69) is 4.98 Å². The number of hydrogen-bond donors (Lipinski definition) is 0. The maximum atomic E-state index is 13.5. The minimum absolute atomic E-state index is 0.0459. The number of furan rings is 1. The zero-order chi connectivity index (χ0) is 24.4. The second kappa shape index (κ2) is 9.40. The van der Waals surface area contributed by atoms with Crippen LogP contribution in [0.2, 0.25) is 0 Å². The molecule has 10 heteroatoms. The number of ether oxygens (including phenoxy) is 2. The van der Waals surface area contributed by atoms with Crippen LogP contribution in [0.15, 0.2) is 88.9 Å². The number of esters is 1. The minimum Gasteiger partial charge on any atom is -0.467 e. The van der Waals surface area contributed by atoms with E-state index in [1.807, 2.05) is 35.0 Å². The molecule has 0 amide bonds. The summed E-state index contributed by atoms with van der Waals surface area (Å²) >= 11 is 0. The second-order valence-corrected chi connectivity index (χ2v) is 9.76. The van der Waals surface area contributed by atoms with E-state index in [-0.39, 0.29) is 18.0 Å². The minimum atomic E-state index is -4.01. The molecular weight excluding hydrogens is 470 g/mol. The fourth-order valence-electron chi connectivity index (χ4n) is 4.04. The predicted molar refractivity (Wildman–Crippen MR) is 126 cm³/mol. The Labute approximate surface area is 202 Å². The van der Waals surface area contributed by atoms with Gasteiger partial charge >= 0.3 is 5.97 Å². The quantitative estimate of drug-likeness (QED) is 0.357. The molecule has 1 aliphatic rings. The second-order valence-electron chi connectivity index (χ2n) is 7.87. The molecule has 35 heavy (non-hydrogen) atoms. The van der Waals surface area contributed by atoms with Crippen molar-refractivity contribution in [2.45, 2.75) is 24.3 Å². The van der Waals surface area contributed by atoms with Crippen molar-refractivity contribution in [3.63, 3.8) is 0 Å². The first-order chi connectivity index (χ1) is 17.0. The molecule has 1 unspecified atom stereocenters. The summed E-state index contributed by atoms with van der Waals surface area (Å²) in [6.07, 6.45) is 7.15. The maximum Gasteiger partial charge on any atom is 0.332 e. The number of fused-ring (bicyclic) bond motifs is 1. The summed E-state index contributed by atoms with van der Waals surface area (Å²) in [5, 5.41) is 0. The lowest BCUT2D eigenvalue weighted by Crippen LogP contribution is -2.43. The van der Waals surface area contributed by atoms with E-state index in [0.29, 0.717) is 23.7 Å². The van der Waals surface area contributed by atoms with Gasteiger partial charge in [0.2, 0.25) is 10.0 Å². The third kappa shape index (κ3) is 4.45. The van der Waals surface area contributed by atoms with Crippen molar-refractivity contribution in [3.05, 3.63) is 90.9 Å². The van der Waals surface area contributed by atoms with Gasteiger partial charge in [0.1, 0.15) is 17.3 Å². The van der Waals surface area contributed by atoms with E-state index in [1.165, 1.54) is 18.4 Å². The van der Waals surface area contributed by atoms with Crippen molar-refractivity contribution in [2.24, 2.45) is 0 Å². The first-order valence-corrected chi connectivity index (χ1v) is 12.5. The van der Waals surface area contributed by atoms with Gasteiger partial charge in [-0.2, -0.15) is 4.31 Å². The summed E-state index contributed by atoms with van der Waals surface area (Å²) in [4.78, 5) is 16.8. The van der Waals surface area contributed by atoms with Crippen LogP contribution in [-0.2, 0) is 26.0 Å². The number of carbonyl (C=O) groups excluding carboxylic acids is 1. The number of imidazole rings is 1. The summed E-state index contributed by atoms with van der Waals surface area (Å²) in [7, 11) is -4.01. The highest BCUT2D eigenvalue weighted by Crippen LogP contribution is 2.36. The first kappa shape index (κ1) is 22.9. The molecule has 4 aromatic rings. The van der Waals surface area contributed by atoms with Crippen LogP contribution in [0.5, 0.6) is 11.5 Å². The van der Waals surface area contributed by atoms with E-state index >= 15 is 0 Å². The molecule has 0 saturated heterocycles. The number of nitrogens with zero attached hydrogens (tertiary/aromatic N) is 3. The van der Waals surface area contributed by atoms with Gasteiger partial charge in [-0.05, 0) is 73.5 Å². The van der Waals surface area contributed by atoms with Gasteiger partial charge in [-0.3, -0.25) is 0 Å². The average Bonchev–Trinajstić information content (AvgIpc) is 3.57. The predicted octanol–water partition coefficient (Wildman–Crippen LogP) is 4.11. The number of rotatable bonds is 7. The summed E-state index contributed by atoms with van der Waals surface area (Å²) < 4.78 is 46.5. The highest BCUT2D eigenvalue weighted by molar-refractivity contribution is 7.89. The summed E-state index contributed by atoms with van der Waals surface area (Å²) in [6.45, 7) is 1.95. The van der Waals surface area contributed by atoms with Gasteiger partial charge in [0, 0.05) is 24.6 Å². The fourth-order valence-corrected chi connectivity index (χ4v) is 5.58. The van der Waals surface area contributed by atoms with Crippen LogP contribution in [0.25, 0.3) is 5.69 Å². The number of hydrogen-bond acceptors (Lipinski definition) is 7. The zero-order valence-corrected chi connectivity index (χ0v) is 19.7. The Hall–Kier alpha value is -3.89. The standard InChI is InChI=1S/C25H23N3O6S/c1-2-32-25(29)23-24-18(12-16-33-24)11-14-28(23)35(30,31)22-9-7-21(8-10-22)34-20-5-3-19(4-6-20)27-15-13-26-17-27/h3-10,12-13,15-17,23H,2,11,14H2,1H3. The van der Waals surface area contributed by atoms with Crippen molar-refractivity contribution in [1.82, 2.24) is 13.9 Å². The molecule has 180 valence electrons. The molecule has 0 spiro atoms. The topological polar surface area (TPSA) is 104 Å². The molecule has 2 aromatic carbocycles. The lowest BCUT2D eigenvalue weighted by Gasteiger charge is -2.32. The third-order valence-corrected chi connectivity index (χ3v) is 7.61. The lowest BCUT2D eigenvalue weighted by molar-refractivity contribution is -0.148. The van der Waals surface area contributed by atoms with E-state index in [1.54, 1.807) is 37.6 Å². The van der Waals surface area contributed by atoms with Gasteiger partial charge in [-0.1, -0.05) is 0 Å². The SMILES string of the molecule is CCOC(=O)C1c2occc2CCN1S(=O)(=O)c1ccc(Oc2ccc(-n3ccnc3)cc2)cc1. The zero-order valence-electron chi connectivity index (χ0n) is 18.9. The summed E-state index contributed by atoms with van der Waals surface area (Å²) in [5.74, 6) is 0.727. The largest absolute Gasteiger partial charge is 0.467 e. The average molecular weight is 494 g/mol. The van der Waals surface area contributed by atoms with Crippen molar-refractivity contribution < 1.29 is 27.1 Å². The van der Waals surface area contributed by atoms with Gasteiger partial charge in [0.25, 0.3) is 0 Å². The van der Waals surface area contributed by atoms with Crippen LogP contribution in [0.1, 0.15) is 24.3 Å². The van der Waals surface area contributed by atoms with Crippen LogP contribution < -0.4 is 4.74 Å². The lowest BCUT2D eigenvalue weighted by atomic mass is 10.0. The van der Waals surface area contributed by atoms with Gasteiger partial charge in [0.15, 0.2) is 6.04 Å². The maximum absolute atomic E-state index is 13.5. The number of carbonyl (C=O) groups is 1. The van der Waals surface area contributed by atoms with E-state index in [4.69, 9.17) is 13.9 Å². The van der Waals surface area contributed by atoms with Gasteiger partial charge in [-0.25, -0.2) is 18.2 Å². The molecule has 0 saturated carbocycles. The van der Waals surface area contributed by atoms with Gasteiger partial charge < -0.3 is 18.5 Å². The monoisotopic (exact) mass is 493 g/mol. The highest BCUT2D eigenvalue weighted by Gasteiger charge is 2.43. The van der Waals surface area contributed by atoms with Crippen molar-refractivity contribution in [3.8, 4) is 17.2 Å². The van der Waals surface area contributed by atoms with Crippen molar-refractivity contribution in [1.29, 1.82) is 0 Å². The summed E-state index contributed by atoms with van der Waals surface area (Å²) in [6, 6.07) is 14.1. The molecule has 1 atom stereocenters. The van der Waals surface area contributed by atoms with Crippen LogP contribution in [0, 0.1) is 0 Å². The molecule has 0 fully saturated rings. The van der Waals surface area contributed by atoms with E-state index in [0.717, 1.165) is 15.6 Å². The molecule has 5 rings (SSSR count). The molecule has 0 bridgehead atoms. The molecular formula is C25H23N3O6S. The van der Waals surface area contributed by atoms with Crippen molar-refractivity contribution in [2.75, 3.05) is 13.2 Å². The molecule has 3 heterocycles. The summed E-state index contributed by atoms with van der Waals surface area (Å²) in [5.41, 5.74) is 1.74. The van der Waals surface area contributed by atoms with Crippen LogP contribution >= 0.6 is 0 Å². The highest BCUT2D eigenvalue weighted by atomic mass is 32.2. The van der Waals surface area contributed by atoms with E-state index in [9.17, 15) is 13.2 Å². The Kier molecular flexibility index (Phi) is 6.14. The molecule has 0 aliphatic carbocycles. The van der Waals surface area contributed by atoms with Crippen LogP contribution in [-0.4, -0.2) is 41.4 Å². The smallest absolute Gasteiger partial charge is 0.332 e. The Morgan fingerprint density at radius 2 is 1.80 bits per heavy atom. The Balaban J connectivity index is 1.35. The molecule has 9 nitrogen and oxygen atoms in total. The van der Waals surface area contributed by atoms with Crippen molar-refractivity contribution >= 4 is 16.0 Å². The molecule has 0 radical (unpaired) electrons. The van der Waals surface area contributed by atoms with Gasteiger partial charge in [-0.15, -0.1) is 0 Å². The third-order valence-electron chi connectivity index (χ3n) is 5.73. The van der Waals surface area contributed by atoms with Gasteiger partial charge in [0.05, 0.1) is 24.1 Å².